The second kappa shape index (κ2) is 12.9. The predicted octanol–water partition coefficient (Wildman–Crippen LogP) is 10.3. The van der Waals surface area contributed by atoms with Crippen LogP contribution in [0.3, 0.4) is 0 Å². The highest BCUT2D eigenvalue weighted by Crippen LogP contribution is 2.51. The fourth-order valence-corrected chi connectivity index (χ4v) is 9.53. The molecule has 1 aliphatic heterocycles. The minimum absolute atomic E-state index is 0.145. The summed E-state index contributed by atoms with van der Waals surface area (Å²) >= 11 is 0. The summed E-state index contributed by atoms with van der Waals surface area (Å²) in [5, 5.41) is 1.78. The van der Waals surface area contributed by atoms with Crippen molar-refractivity contribution in [2.75, 3.05) is 12.3 Å². The van der Waals surface area contributed by atoms with Gasteiger partial charge in [-0.25, -0.2) is 0 Å². The lowest BCUT2D eigenvalue weighted by atomic mass is 9.74. The molecule has 1 heteroatoms. The van der Waals surface area contributed by atoms with Gasteiger partial charge in [0.05, 0.1) is 0 Å². The fourth-order valence-electron chi connectivity index (χ4n) is 6.32. The van der Waals surface area contributed by atoms with Crippen molar-refractivity contribution in [2.45, 2.75) is 91.4 Å². The summed E-state index contributed by atoms with van der Waals surface area (Å²) in [5.74, 6) is 1.01. The zero-order valence-electron chi connectivity index (χ0n) is 23.3. The van der Waals surface area contributed by atoms with E-state index in [1.54, 1.807) is 16.4 Å². The standard InChI is InChI=1S/C35H46P/c1-6-7-8-9-10-14-22-36-23-21-33(30-15-12-11-13-16-30)34(31-19-17-26(2)24-28(31)4)35(36)32-20-18-27(3)25-29(32)5/h11-13,15-20,24-25,33-34H,6-10,14,21-23H2,1-5H3. The van der Waals surface area contributed by atoms with Crippen molar-refractivity contribution >= 4 is 12.8 Å². The molecule has 3 unspecified atom stereocenters. The maximum Gasteiger partial charge on any atom is 0.0201 e. The fraction of sp³-hybridized carbons (Fsp3) is 0.457. The maximum atomic E-state index is 2.46. The van der Waals surface area contributed by atoms with Crippen LogP contribution < -0.4 is 0 Å². The second-order valence-electron chi connectivity index (χ2n) is 11.1. The quantitative estimate of drug-likeness (QED) is 0.193. The molecule has 0 N–H and O–H groups in total. The SMILES string of the molecule is CCCCCCCC[P]1=C(c2ccc(C)cc2C)C(c2ccc(C)cc2C)C(c2ccccc2)CC1. The van der Waals surface area contributed by atoms with Crippen molar-refractivity contribution in [3.05, 3.63) is 106 Å². The number of hydrogen-bond acceptors (Lipinski definition) is 0. The summed E-state index contributed by atoms with van der Waals surface area (Å²) in [4.78, 5) is 0. The van der Waals surface area contributed by atoms with E-state index in [-0.39, 0.29) is 7.55 Å². The number of rotatable bonds is 10. The average molecular weight is 498 g/mol. The maximum absolute atomic E-state index is 2.46. The van der Waals surface area contributed by atoms with Crippen molar-refractivity contribution in [1.29, 1.82) is 0 Å². The van der Waals surface area contributed by atoms with Crippen molar-refractivity contribution in [2.24, 2.45) is 0 Å². The molecule has 1 aliphatic rings. The van der Waals surface area contributed by atoms with E-state index in [1.807, 2.05) is 0 Å². The third kappa shape index (κ3) is 6.39. The van der Waals surface area contributed by atoms with Crippen LogP contribution in [0.1, 0.15) is 103 Å². The zero-order chi connectivity index (χ0) is 25.5. The van der Waals surface area contributed by atoms with Gasteiger partial charge in [0.15, 0.2) is 0 Å². The molecule has 0 aliphatic carbocycles. The van der Waals surface area contributed by atoms with Crippen molar-refractivity contribution < 1.29 is 0 Å². The van der Waals surface area contributed by atoms with Crippen LogP contribution in [0.25, 0.3) is 0 Å². The number of aryl methyl sites for hydroxylation is 4. The number of unbranched alkanes of at least 4 members (excludes halogenated alkanes) is 5. The van der Waals surface area contributed by atoms with Crippen LogP contribution in [0.4, 0.5) is 0 Å². The Morgan fingerprint density at radius 3 is 2.08 bits per heavy atom. The third-order valence-electron chi connectivity index (χ3n) is 8.18. The summed E-state index contributed by atoms with van der Waals surface area (Å²) in [7, 11) is -0.145. The molecule has 3 aromatic carbocycles. The Labute approximate surface area is 222 Å². The smallest absolute Gasteiger partial charge is 0.0201 e. The van der Waals surface area contributed by atoms with E-state index in [0.29, 0.717) is 11.8 Å². The normalized spacial score (nSPS) is 19.0. The summed E-state index contributed by atoms with van der Waals surface area (Å²) in [6.45, 7) is 11.5. The molecule has 0 saturated carbocycles. The van der Waals surface area contributed by atoms with Gasteiger partial charge in [-0.3, -0.25) is 0 Å². The average Bonchev–Trinajstić information content (AvgIpc) is 2.87. The first-order valence-corrected chi connectivity index (χ1v) is 16.0. The zero-order valence-corrected chi connectivity index (χ0v) is 24.2. The van der Waals surface area contributed by atoms with Crippen molar-refractivity contribution in [3.63, 3.8) is 0 Å². The monoisotopic (exact) mass is 497 g/mol. The van der Waals surface area contributed by atoms with Gasteiger partial charge in [0, 0.05) is 5.92 Å². The summed E-state index contributed by atoms with van der Waals surface area (Å²) in [6.07, 6.45) is 12.4. The second-order valence-corrected chi connectivity index (χ2v) is 13.6. The molecule has 191 valence electrons. The first-order valence-electron chi connectivity index (χ1n) is 14.3. The molecule has 0 amide bonds. The highest BCUT2D eigenvalue weighted by molar-refractivity contribution is 7.59. The Hall–Kier alpha value is -2.17. The molecule has 0 nitrogen and oxygen atoms in total. The number of benzene rings is 3. The summed E-state index contributed by atoms with van der Waals surface area (Å²) in [6, 6.07) is 25.8. The largest absolute Gasteiger partial charge is 0.144 e. The number of hydrogen-bond donors (Lipinski definition) is 0. The Morgan fingerprint density at radius 1 is 0.722 bits per heavy atom. The lowest BCUT2D eigenvalue weighted by Crippen LogP contribution is -2.27. The van der Waals surface area contributed by atoms with Crippen LogP contribution in [-0.4, -0.2) is 17.6 Å². The molecule has 1 radical (unpaired) electrons. The van der Waals surface area contributed by atoms with Crippen LogP contribution in [0.5, 0.6) is 0 Å². The van der Waals surface area contributed by atoms with Crippen molar-refractivity contribution in [3.8, 4) is 0 Å². The molecule has 0 aromatic heterocycles. The lowest BCUT2D eigenvalue weighted by Gasteiger charge is -2.39. The lowest BCUT2D eigenvalue weighted by molar-refractivity contribution is 0.614. The molecule has 0 bridgehead atoms. The highest BCUT2D eigenvalue weighted by Gasteiger charge is 2.35. The van der Waals surface area contributed by atoms with Gasteiger partial charge in [-0.15, -0.1) is 7.55 Å². The van der Waals surface area contributed by atoms with Crippen LogP contribution in [0.15, 0.2) is 66.7 Å². The molecule has 0 spiro atoms. The van der Waals surface area contributed by atoms with Gasteiger partial charge in [-0.2, -0.15) is 0 Å². The van der Waals surface area contributed by atoms with E-state index in [1.165, 1.54) is 85.1 Å². The van der Waals surface area contributed by atoms with E-state index < -0.39 is 0 Å². The highest BCUT2D eigenvalue weighted by atomic mass is 31.1. The molecule has 1 heterocycles. The van der Waals surface area contributed by atoms with Gasteiger partial charge in [0.2, 0.25) is 0 Å². The van der Waals surface area contributed by atoms with Gasteiger partial charge >= 0.3 is 0 Å². The van der Waals surface area contributed by atoms with E-state index in [9.17, 15) is 0 Å². The molecular formula is C35H46P. The Morgan fingerprint density at radius 2 is 1.39 bits per heavy atom. The topological polar surface area (TPSA) is 0 Å². The van der Waals surface area contributed by atoms with Crippen LogP contribution in [0, 0.1) is 27.7 Å². The molecule has 3 aromatic rings. The van der Waals surface area contributed by atoms with Gasteiger partial charge in [0.1, 0.15) is 0 Å². The molecule has 0 saturated heterocycles. The first-order chi connectivity index (χ1) is 17.5. The van der Waals surface area contributed by atoms with E-state index in [2.05, 4.69) is 101 Å². The minimum atomic E-state index is -0.145. The Kier molecular flexibility index (Phi) is 9.61. The molecule has 4 rings (SSSR count). The molecule has 3 atom stereocenters. The Balaban J connectivity index is 1.82. The van der Waals surface area contributed by atoms with E-state index in [4.69, 9.17) is 0 Å². The van der Waals surface area contributed by atoms with E-state index >= 15 is 0 Å². The van der Waals surface area contributed by atoms with Crippen molar-refractivity contribution in [1.82, 2.24) is 0 Å². The molecule has 36 heavy (non-hydrogen) atoms. The minimum Gasteiger partial charge on any atom is -0.144 e. The Bertz CT molecular complexity index is 1170. The van der Waals surface area contributed by atoms with Gasteiger partial charge in [0.25, 0.3) is 0 Å². The van der Waals surface area contributed by atoms with E-state index in [0.717, 1.165) is 0 Å². The van der Waals surface area contributed by atoms with Gasteiger partial charge in [-0.1, -0.05) is 117 Å². The van der Waals surface area contributed by atoms with Crippen LogP contribution >= 0.6 is 7.55 Å². The van der Waals surface area contributed by atoms with Crippen LogP contribution in [0.2, 0.25) is 0 Å². The van der Waals surface area contributed by atoms with Gasteiger partial charge in [-0.05, 0) is 91.9 Å². The third-order valence-corrected chi connectivity index (χ3v) is 11.0. The van der Waals surface area contributed by atoms with Gasteiger partial charge < -0.3 is 0 Å². The summed E-state index contributed by atoms with van der Waals surface area (Å²) < 4.78 is 0. The molecular weight excluding hydrogens is 451 g/mol. The molecule has 0 fully saturated rings. The predicted molar refractivity (Wildman–Crippen MR) is 163 cm³/mol. The summed E-state index contributed by atoms with van der Waals surface area (Å²) in [5.41, 5.74) is 10.3. The van der Waals surface area contributed by atoms with Crippen LogP contribution in [-0.2, 0) is 0 Å². The first kappa shape index (κ1) is 26.9.